The van der Waals surface area contributed by atoms with Gasteiger partial charge in [0.1, 0.15) is 5.58 Å². The maximum absolute atomic E-state index is 12.8. The second-order valence-corrected chi connectivity index (χ2v) is 6.75. The Morgan fingerprint density at radius 1 is 1.25 bits per heavy atom. The lowest BCUT2D eigenvalue weighted by Crippen LogP contribution is -2.31. The molecule has 1 N–H and O–H groups in total. The van der Waals surface area contributed by atoms with Crippen LogP contribution in [-0.2, 0) is 6.42 Å². The predicted octanol–water partition coefficient (Wildman–Crippen LogP) is 5.20. The van der Waals surface area contributed by atoms with Crippen LogP contribution in [0.5, 0.6) is 0 Å². The summed E-state index contributed by atoms with van der Waals surface area (Å²) >= 11 is 6.05. The molecule has 0 aliphatic heterocycles. The van der Waals surface area contributed by atoms with E-state index in [1.54, 1.807) is 12.1 Å². The molecule has 4 heteroatoms. The molecule has 1 aliphatic carbocycles. The number of benzene rings is 2. The van der Waals surface area contributed by atoms with Gasteiger partial charge in [0.25, 0.3) is 5.91 Å². The van der Waals surface area contributed by atoms with E-state index in [4.69, 9.17) is 16.0 Å². The maximum Gasteiger partial charge on any atom is 0.287 e. The van der Waals surface area contributed by atoms with Crippen molar-refractivity contribution in [3.8, 4) is 0 Å². The first kappa shape index (κ1) is 15.3. The van der Waals surface area contributed by atoms with E-state index in [-0.39, 0.29) is 11.9 Å². The molecule has 1 atom stereocenters. The predicted molar refractivity (Wildman–Crippen MR) is 95.5 cm³/mol. The summed E-state index contributed by atoms with van der Waals surface area (Å²) in [6.45, 7) is 1.89. The van der Waals surface area contributed by atoms with Crippen molar-refractivity contribution in [2.75, 3.05) is 0 Å². The van der Waals surface area contributed by atoms with Crippen LogP contribution in [0.25, 0.3) is 11.0 Å². The molecule has 0 radical (unpaired) electrons. The van der Waals surface area contributed by atoms with Crippen LogP contribution in [0, 0.1) is 6.92 Å². The number of carbonyl (C=O) groups is 1. The fourth-order valence-electron chi connectivity index (χ4n) is 3.54. The number of furan rings is 1. The van der Waals surface area contributed by atoms with Gasteiger partial charge in [-0.1, -0.05) is 35.9 Å². The second-order valence-electron chi connectivity index (χ2n) is 6.31. The summed E-state index contributed by atoms with van der Waals surface area (Å²) in [6, 6.07) is 13.8. The Hall–Kier alpha value is -2.26. The van der Waals surface area contributed by atoms with Crippen molar-refractivity contribution in [3.05, 3.63) is 69.9 Å². The Labute approximate surface area is 145 Å². The number of amides is 1. The molecule has 0 bridgehead atoms. The van der Waals surface area contributed by atoms with Gasteiger partial charge in [-0.2, -0.15) is 0 Å². The Balaban J connectivity index is 1.65. The van der Waals surface area contributed by atoms with Gasteiger partial charge in [0.15, 0.2) is 5.76 Å². The molecule has 24 heavy (non-hydrogen) atoms. The van der Waals surface area contributed by atoms with E-state index < -0.39 is 0 Å². The van der Waals surface area contributed by atoms with E-state index in [0.717, 1.165) is 30.2 Å². The summed E-state index contributed by atoms with van der Waals surface area (Å²) in [5.74, 6) is 0.205. The number of rotatable bonds is 2. The van der Waals surface area contributed by atoms with Crippen molar-refractivity contribution in [2.24, 2.45) is 0 Å². The van der Waals surface area contributed by atoms with E-state index in [9.17, 15) is 4.79 Å². The summed E-state index contributed by atoms with van der Waals surface area (Å²) in [5, 5.41) is 4.67. The Morgan fingerprint density at radius 2 is 2.08 bits per heavy atom. The normalized spacial score (nSPS) is 16.8. The molecule has 1 amide bonds. The van der Waals surface area contributed by atoms with Gasteiger partial charge in [-0.15, -0.1) is 0 Å². The quantitative estimate of drug-likeness (QED) is 0.697. The summed E-state index contributed by atoms with van der Waals surface area (Å²) in [5.41, 5.74) is 4.05. The third kappa shape index (κ3) is 2.59. The highest BCUT2D eigenvalue weighted by Gasteiger charge is 2.25. The smallest absolute Gasteiger partial charge is 0.287 e. The number of halogens is 1. The third-order valence-electron chi connectivity index (χ3n) is 4.78. The highest BCUT2D eigenvalue weighted by Crippen LogP contribution is 2.31. The minimum absolute atomic E-state index is 0.0404. The van der Waals surface area contributed by atoms with Crippen LogP contribution in [0.2, 0.25) is 5.02 Å². The average Bonchev–Trinajstić information content (AvgIpc) is 2.92. The zero-order valence-corrected chi connectivity index (χ0v) is 14.2. The van der Waals surface area contributed by atoms with Crippen molar-refractivity contribution in [1.29, 1.82) is 0 Å². The third-order valence-corrected chi connectivity index (χ3v) is 5.01. The first-order valence-corrected chi connectivity index (χ1v) is 8.58. The summed E-state index contributed by atoms with van der Waals surface area (Å²) < 4.78 is 5.77. The molecule has 2 aromatic carbocycles. The standard InChI is InChI=1S/C20H18ClNO2/c1-12-16-11-14(21)9-10-18(16)24-19(12)20(23)22-17-8-4-6-13-5-2-3-7-15(13)17/h2-3,5,7,9-11,17H,4,6,8H2,1H3,(H,22,23)/t17-/m1/s1. The molecule has 1 aromatic heterocycles. The fourth-order valence-corrected chi connectivity index (χ4v) is 3.71. The first-order valence-electron chi connectivity index (χ1n) is 8.21. The topological polar surface area (TPSA) is 42.2 Å². The van der Waals surface area contributed by atoms with Gasteiger partial charge < -0.3 is 9.73 Å². The van der Waals surface area contributed by atoms with Crippen molar-refractivity contribution in [3.63, 3.8) is 0 Å². The molecule has 0 unspecified atom stereocenters. The van der Waals surface area contributed by atoms with Gasteiger partial charge in [0, 0.05) is 16.0 Å². The summed E-state index contributed by atoms with van der Waals surface area (Å²) in [4.78, 5) is 12.8. The lowest BCUT2D eigenvalue weighted by atomic mass is 9.87. The van der Waals surface area contributed by atoms with E-state index >= 15 is 0 Å². The van der Waals surface area contributed by atoms with Gasteiger partial charge in [0.05, 0.1) is 6.04 Å². The lowest BCUT2D eigenvalue weighted by Gasteiger charge is -2.26. The van der Waals surface area contributed by atoms with E-state index in [1.807, 2.05) is 19.1 Å². The molecule has 3 nitrogen and oxygen atoms in total. The minimum Gasteiger partial charge on any atom is -0.451 e. The highest BCUT2D eigenvalue weighted by molar-refractivity contribution is 6.31. The maximum atomic E-state index is 12.8. The van der Waals surface area contributed by atoms with Crippen LogP contribution in [0.15, 0.2) is 46.9 Å². The van der Waals surface area contributed by atoms with Gasteiger partial charge >= 0.3 is 0 Å². The SMILES string of the molecule is Cc1c(C(=O)N[C@@H]2CCCc3ccccc32)oc2ccc(Cl)cc12. The highest BCUT2D eigenvalue weighted by atomic mass is 35.5. The zero-order chi connectivity index (χ0) is 16.7. The van der Waals surface area contributed by atoms with E-state index in [0.29, 0.717) is 16.4 Å². The van der Waals surface area contributed by atoms with Crippen LogP contribution in [0.1, 0.15) is 46.1 Å². The van der Waals surface area contributed by atoms with Gasteiger partial charge in [0.2, 0.25) is 0 Å². The molecule has 122 valence electrons. The van der Waals surface area contributed by atoms with Crippen LogP contribution >= 0.6 is 11.6 Å². The Morgan fingerprint density at radius 3 is 2.96 bits per heavy atom. The summed E-state index contributed by atoms with van der Waals surface area (Å²) in [6.07, 6.45) is 3.11. The van der Waals surface area contributed by atoms with Crippen molar-refractivity contribution >= 4 is 28.5 Å². The van der Waals surface area contributed by atoms with Crippen molar-refractivity contribution < 1.29 is 9.21 Å². The van der Waals surface area contributed by atoms with E-state index in [1.165, 1.54) is 11.1 Å². The molecule has 4 rings (SSSR count). The fraction of sp³-hybridized carbons (Fsp3) is 0.250. The molecular formula is C20H18ClNO2. The Bertz CT molecular complexity index is 929. The zero-order valence-electron chi connectivity index (χ0n) is 13.4. The number of fused-ring (bicyclic) bond motifs is 2. The van der Waals surface area contributed by atoms with Gasteiger partial charge in [-0.3, -0.25) is 4.79 Å². The molecule has 0 spiro atoms. The lowest BCUT2D eigenvalue weighted by molar-refractivity contribution is 0.0906. The second kappa shape index (κ2) is 5.99. The minimum atomic E-state index is -0.165. The number of carbonyl (C=O) groups excluding carboxylic acids is 1. The monoisotopic (exact) mass is 339 g/mol. The van der Waals surface area contributed by atoms with Gasteiger partial charge in [-0.25, -0.2) is 0 Å². The number of nitrogens with one attached hydrogen (secondary N) is 1. The molecule has 1 aliphatic rings. The molecule has 0 fully saturated rings. The number of hydrogen-bond acceptors (Lipinski definition) is 2. The van der Waals surface area contributed by atoms with Crippen molar-refractivity contribution in [1.82, 2.24) is 5.32 Å². The van der Waals surface area contributed by atoms with Crippen LogP contribution in [0.4, 0.5) is 0 Å². The molecule has 0 saturated heterocycles. The number of hydrogen-bond donors (Lipinski definition) is 1. The molecular weight excluding hydrogens is 322 g/mol. The molecule has 3 aromatic rings. The first-order chi connectivity index (χ1) is 11.6. The Kier molecular flexibility index (Phi) is 3.81. The van der Waals surface area contributed by atoms with Gasteiger partial charge in [-0.05, 0) is 55.5 Å². The van der Waals surface area contributed by atoms with Crippen LogP contribution in [0.3, 0.4) is 0 Å². The number of aryl methyl sites for hydroxylation is 2. The summed E-state index contributed by atoms with van der Waals surface area (Å²) in [7, 11) is 0. The van der Waals surface area contributed by atoms with Crippen molar-refractivity contribution in [2.45, 2.75) is 32.2 Å². The van der Waals surface area contributed by atoms with Crippen LogP contribution < -0.4 is 5.32 Å². The molecule has 1 heterocycles. The van der Waals surface area contributed by atoms with E-state index in [2.05, 4.69) is 23.5 Å². The molecule has 0 saturated carbocycles. The average molecular weight is 340 g/mol. The van der Waals surface area contributed by atoms with Crippen LogP contribution in [-0.4, -0.2) is 5.91 Å². The largest absolute Gasteiger partial charge is 0.451 e.